The van der Waals surface area contributed by atoms with E-state index in [0.29, 0.717) is 5.92 Å². The number of carbonyl (C=O) groups excluding carboxylic acids is 1. The molecule has 0 aromatic carbocycles. The maximum Gasteiger partial charge on any atom is 0.239 e. The summed E-state index contributed by atoms with van der Waals surface area (Å²) in [7, 11) is 1.73. The fraction of sp³-hybridized carbons (Fsp3) is 0.917. The van der Waals surface area contributed by atoms with Crippen LogP contribution in [0.5, 0.6) is 0 Å². The molecule has 0 aromatic heterocycles. The van der Waals surface area contributed by atoms with E-state index in [-0.39, 0.29) is 11.9 Å². The Hall–Kier alpha value is -0.260. The Labute approximate surface area is 108 Å². The molecule has 17 heavy (non-hydrogen) atoms. The first-order valence-electron chi connectivity index (χ1n) is 6.21. The Morgan fingerprint density at radius 2 is 2.18 bits per heavy atom. The van der Waals surface area contributed by atoms with Crippen molar-refractivity contribution in [3.05, 3.63) is 0 Å². The second-order valence-electron chi connectivity index (χ2n) is 4.61. The third-order valence-electron chi connectivity index (χ3n) is 3.28. The van der Waals surface area contributed by atoms with Gasteiger partial charge >= 0.3 is 0 Å². The second-order valence-corrected chi connectivity index (χ2v) is 5.60. The van der Waals surface area contributed by atoms with Crippen molar-refractivity contribution in [3.63, 3.8) is 0 Å². The number of ether oxygens (including phenoxy) is 1. The van der Waals surface area contributed by atoms with Crippen LogP contribution < -0.4 is 5.73 Å². The first kappa shape index (κ1) is 14.8. The van der Waals surface area contributed by atoms with E-state index in [9.17, 15) is 4.79 Å². The third kappa shape index (κ3) is 4.85. The highest BCUT2D eigenvalue weighted by Gasteiger charge is 2.25. The highest BCUT2D eigenvalue weighted by molar-refractivity contribution is 7.98. The predicted octanol–water partition coefficient (Wildman–Crippen LogP) is 0.952. The second kappa shape index (κ2) is 7.95. The van der Waals surface area contributed by atoms with Gasteiger partial charge in [-0.05, 0) is 37.2 Å². The molecule has 0 spiro atoms. The standard InChI is InChI=1S/C12H24N2O2S/c1-16-9-10-3-6-14(7-4-10)12(15)11(13)5-8-17-2/h10-11H,3-9,13H2,1-2H3/t11-/m0/s1. The van der Waals surface area contributed by atoms with Gasteiger partial charge in [0.25, 0.3) is 0 Å². The summed E-state index contributed by atoms with van der Waals surface area (Å²) in [6.45, 7) is 2.47. The van der Waals surface area contributed by atoms with E-state index in [4.69, 9.17) is 10.5 Å². The summed E-state index contributed by atoms with van der Waals surface area (Å²) in [6, 6.07) is -0.318. The van der Waals surface area contributed by atoms with E-state index in [2.05, 4.69) is 0 Å². The minimum Gasteiger partial charge on any atom is -0.384 e. The van der Waals surface area contributed by atoms with Crippen molar-refractivity contribution < 1.29 is 9.53 Å². The summed E-state index contributed by atoms with van der Waals surface area (Å²) >= 11 is 1.73. The van der Waals surface area contributed by atoms with Crippen LogP contribution in [-0.2, 0) is 9.53 Å². The number of carbonyl (C=O) groups is 1. The van der Waals surface area contributed by atoms with Crippen molar-refractivity contribution in [2.75, 3.05) is 38.8 Å². The number of thioether (sulfide) groups is 1. The van der Waals surface area contributed by atoms with Crippen LogP contribution in [0.1, 0.15) is 19.3 Å². The van der Waals surface area contributed by atoms with E-state index >= 15 is 0 Å². The molecule has 1 amide bonds. The van der Waals surface area contributed by atoms with Gasteiger partial charge in [0.2, 0.25) is 5.91 Å². The normalized spacial score (nSPS) is 19.4. The minimum absolute atomic E-state index is 0.120. The topological polar surface area (TPSA) is 55.6 Å². The highest BCUT2D eigenvalue weighted by atomic mass is 32.2. The van der Waals surface area contributed by atoms with Gasteiger partial charge in [-0.1, -0.05) is 0 Å². The molecule has 0 bridgehead atoms. The summed E-state index contributed by atoms with van der Waals surface area (Å²) < 4.78 is 5.15. The number of amides is 1. The van der Waals surface area contributed by atoms with E-state index in [0.717, 1.165) is 44.7 Å². The first-order chi connectivity index (χ1) is 8.19. The lowest BCUT2D eigenvalue weighted by atomic mass is 9.97. The Bertz CT molecular complexity index is 231. The number of rotatable bonds is 6. The molecule has 0 aliphatic carbocycles. The molecule has 2 N–H and O–H groups in total. The molecule has 100 valence electrons. The Morgan fingerprint density at radius 3 is 2.71 bits per heavy atom. The number of nitrogens with two attached hydrogens (primary N) is 1. The number of nitrogens with zero attached hydrogens (tertiary/aromatic N) is 1. The van der Waals surface area contributed by atoms with Gasteiger partial charge < -0.3 is 15.4 Å². The van der Waals surface area contributed by atoms with Crippen molar-refractivity contribution in [2.24, 2.45) is 11.7 Å². The van der Waals surface area contributed by atoms with Crippen LogP contribution in [0.2, 0.25) is 0 Å². The average Bonchev–Trinajstić information content (AvgIpc) is 2.36. The Balaban J connectivity index is 2.30. The van der Waals surface area contributed by atoms with Gasteiger partial charge in [0.15, 0.2) is 0 Å². The van der Waals surface area contributed by atoms with Gasteiger partial charge in [0, 0.05) is 26.8 Å². The molecular formula is C12H24N2O2S. The molecule has 0 radical (unpaired) electrons. The lowest BCUT2D eigenvalue weighted by Gasteiger charge is -2.33. The zero-order valence-electron chi connectivity index (χ0n) is 10.9. The molecule has 5 heteroatoms. The Kier molecular flexibility index (Phi) is 6.92. The molecule has 1 aliphatic rings. The van der Waals surface area contributed by atoms with Crippen LogP contribution in [0, 0.1) is 5.92 Å². The van der Waals surface area contributed by atoms with Gasteiger partial charge in [-0.15, -0.1) is 0 Å². The van der Waals surface area contributed by atoms with Gasteiger partial charge in [-0.2, -0.15) is 11.8 Å². The van der Waals surface area contributed by atoms with Gasteiger partial charge in [-0.3, -0.25) is 4.79 Å². The minimum atomic E-state index is -0.318. The molecule has 1 fully saturated rings. The largest absolute Gasteiger partial charge is 0.384 e. The SMILES string of the molecule is COCC1CCN(C(=O)[C@@H](N)CCSC)CC1. The van der Waals surface area contributed by atoms with E-state index in [1.807, 2.05) is 11.2 Å². The summed E-state index contributed by atoms with van der Waals surface area (Å²) in [5, 5.41) is 0. The van der Waals surface area contributed by atoms with E-state index in [1.165, 1.54) is 0 Å². The Morgan fingerprint density at radius 1 is 1.53 bits per heavy atom. The summed E-state index contributed by atoms with van der Waals surface area (Å²) in [4.78, 5) is 13.9. The predicted molar refractivity (Wildman–Crippen MR) is 72.2 cm³/mol. The zero-order valence-corrected chi connectivity index (χ0v) is 11.7. The number of hydrogen-bond acceptors (Lipinski definition) is 4. The molecule has 0 aromatic rings. The van der Waals surface area contributed by atoms with Gasteiger partial charge in [-0.25, -0.2) is 0 Å². The first-order valence-corrected chi connectivity index (χ1v) is 7.60. The molecule has 1 heterocycles. The molecule has 1 saturated heterocycles. The van der Waals surface area contributed by atoms with Crippen molar-refractivity contribution >= 4 is 17.7 Å². The fourth-order valence-electron chi connectivity index (χ4n) is 2.16. The van der Waals surface area contributed by atoms with Crippen molar-refractivity contribution in [2.45, 2.75) is 25.3 Å². The van der Waals surface area contributed by atoms with Crippen molar-refractivity contribution in [1.82, 2.24) is 4.90 Å². The van der Waals surface area contributed by atoms with Gasteiger partial charge in [0.1, 0.15) is 0 Å². The number of methoxy groups -OCH3 is 1. The van der Waals surface area contributed by atoms with Crippen LogP contribution in [0.3, 0.4) is 0 Å². The number of piperidine rings is 1. The van der Waals surface area contributed by atoms with Crippen LogP contribution in [0.4, 0.5) is 0 Å². The van der Waals surface area contributed by atoms with E-state index in [1.54, 1.807) is 18.9 Å². The van der Waals surface area contributed by atoms with Crippen LogP contribution in [0.25, 0.3) is 0 Å². The molecule has 0 unspecified atom stereocenters. The molecule has 0 saturated carbocycles. The number of likely N-dealkylation sites (tertiary alicyclic amines) is 1. The lowest BCUT2D eigenvalue weighted by molar-refractivity contribution is -0.134. The van der Waals surface area contributed by atoms with Crippen LogP contribution >= 0.6 is 11.8 Å². The quantitative estimate of drug-likeness (QED) is 0.772. The maximum atomic E-state index is 12.0. The summed E-state index contributed by atoms with van der Waals surface area (Å²) in [6.07, 6.45) is 4.88. The van der Waals surface area contributed by atoms with E-state index < -0.39 is 0 Å². The maximum absolute atomic E-state index is 12.0. The number of hydrogen-bond donors (Lipinski definition) is 1. The molecule has 1 aliphatic heterocycles. The average molecular weight is 260 g/mol. The summed E-state index contributed by atoms with van der Waals surface area (Å²) in [5.74, 6) is 1.67. The highest BCUT2D eigenvalue weighted by Crippen LogP contribution is 2.18. The van der Waals surface area contributed by atoms with Crippen LogP contribution in [-0.4, -0.2) is 55.7 Å². The molecule has 1 atom stereocenters. The molecular weight excluding hydrogens is 236 g/mol. The summed E-state index contributed by atoms with van der Waals surface area (Å²) in [5.41, 5.74) is 5.90. The molecule has 4 nitrogen and oxygen atoms in total. The monoisotopic (exact) mass is 260 g/mol. The zero-order chi connectivity index (χ0) is 12.7. The lowest BCUT2D eigenvalue weighted by Crippen LogP contribution is -2.47. The van der Waals surface area contributed by atoms with Crippen molar-refractivity contribution in [1.29, 1.82) is 0 Å². The molecule has 1 rings (SSSR count). The fourth-order valence-corrected chi connectivity index (χ4v) is 2.65. The van der Waals surface area contributed by atoms with Crippen LogP contribution in [0.15, 0.2) is 0 Å². The smallest absolute Gasteiger partial charge is 0.239 e. The van der Waals surface area contributed by atoms with Crippen molar-refractivity contribution in [3.8, 4) is 0 Å². The third-order valence-corrected chi connectivity index (χ3v) is 3.92. The van der Waals surface area contributed by atoms with Gasteiger partial charge in [0.05, 0.1) is 6.04 Å².